The van der Waals surface area contributed by atoms with Crippen LogP contribution in [0.5, 0.6) is 5.75 Å². The number of nitriles is 1. The molecule has 0 aliphatic carbocycles. The highest BCUT2D eigenvalue weighted by molar-refractivity contribution is 6.09. The van der Waals surface area contributed by atoms with Crippen molar-refractivity contribution in [3.05, 3.63) is 65.2 Å². The minimum atomic E-state index is -1.23. The summed E-state index contributed by atoms with van der Waals surface area (Å²) in [6.45, 7) is 3.36. The normalized spacial score (nSPS) is 21.2. The van der Waals surface area contributed by atoms with E-state index in [4.69, 9.17) is 28.9 Å². The lowest BCUT2D eigenvalue weighted by molar-refractivity contribution is -0.259. The fourth-order valence-corrected chi connectivity index (χ4v) is 3.49. The van der Waals surface area contributed by atoms with Crippen molar-refractivity contribution in [1.82, 2.24) is 0 Å². The molecule has 10 heteroatoms. The van der Waals surface area contributed by atoms with E-state index in [0.717, 1.165) is 0 Å². The minimum Gasteiger partial charge on any atom is -0.461 e. The van der Waals surface area contributed by atoms with Crippen LogP contribution in [0, 0.1) is 11.3 Å². The highest BCUT2D eigenvalue weighted by atomic mass is 16.7. The lowest BCUT2D eigenvalue weighted by Crippen LogP contribution is -2.59. The number of hydrogen-bond acceptors (Lipinski definition) is 10. The standard InChI is InChI=1S/C25H23NO9/c1-14(27)32-21-13-31-25(24(34-16(3)29)23(21)33-15(2)28)35-20-10-8-19(9-11-20)22(30)18-6-4-17(12-26)5-7-18/h4-11,21,23-25H,13H2,1-3H3/t21-,23+,24-,25-/m1/s1. The Bertz CT molecular complexity index is 1140. The molecule has 35 heavy (non-hydrogen) atoms. The maximum Gasteiger partial charge on any atom is 0.303 e. The van der Waals surface area contributed by atoms with E-state index in [1.54, 1.807) is 36.4 Å². The molecule has 0 bridgehead atoms. The van der Waals surface area contributed by atoms with Crippen molar-refractivity contribution in [2.75, 3.05) is 6.61 Å². The molecule has 4 atom stereocenters. The van der Waals surface area contributed by atoms with E-state index < -0.39 is 42.5 Å². The lowest BCUT2D eigenvalue weighted by atomic mass is 10.0. The minimum absolute atomic E-state index is 0.171. The van der Waals surface area contributed by atoms with Gasteiger partial charge in [0, 0.05) is 31.9 Å². The molecule has 1 fully saturated rings. The van der Waals surface area contributed by atoms with Gasteiger partial charge in [0.25, 0.3) is 0 Å². The topological polar surface area (TPSA) is 138 Å². The van der Waals surface area contributed by atoms with Crippen molar-refractivity contribution >= 4 is 23.7 Å². The van der Waals surface area contributed by atoms with Crippen molar-refractivity contribution in [2.24, 2.45) is 0 Å². The Kier molecular flexibility index (Phi) is 8.17. The van der Waals surface area contributed by atoms with E-state index in [2.05, 4.69) is 0 Å². The Morgan fingerprint density at radius 1 is 0.800 bits per heavy atom. The van der Waals surface area contributed by atoms with Crippen LogP contribution >= 0.6 is 0 Å². The van der Waals surface area contributed by atoms with Gasteiger partial charge in [-0.3, -0.25) is 19.2 Å². The molecule has 1 heterocycles. The van der Waals surface area contributed by atoms with Gasteiger partial charge in [-0.25, -0.2) is 0 Å². The lowest BCUT2D eigenvalue weighted by Gasteiger charge is -2.40. The predicted molar refractivity (Wildman–Crippen MR) is 118 cm³/mol. The van der Waals surface area contributed by atoms with Crippen LogP contribution in [0.2, 0.25) is 0 Å². The number of carbonyl (C=O) groups excluding carboxylic acids is 4. The van der Waals surface area contributed by atoms with E-state index in [-0.39, 0.29) is 18.1 Å². The molecular formula is C25H23NO9. The van der Waals surface area contributed by atoms with E-state index in [0.29, 0.717) is 16.7 Å². The zero-order valence-corrected chi connectivity index (χ0v) is 19.3. The highest BCUT2D eigenvalue weighted by Crippen LogP contribution is 2.27. The Morgan fingerprint density at radius 2 is 1.31 bits per heavy atom. The van der Waals surface area contributed by atoms with Crippen LogP contribution in [0.3, 0.4) is 0 Å². The van der Waals surface area contributed by atoms with Gasteiger partial charge in [-0.1, -0.05) is 0 Å². The Balaban J connectivity index is 1.78. The molecule has 2 aromatic rings. The van der Waals surface area contributed by atoms with Gasteiger partial charge in [0.05, 0.1) is 18.2 Å². The first kappa shape index (κ1) is 25.4. The molecule has 1 aliphatic rings. The number of esters is 3. The SMILES string of the molecule is CC(=O)O[C@@H]1[C@@H](OC(C)=O)[C@@H](Oc2ccc(C(=O)c3ccc(C#N)cc3)cc2)OC[C@H]1OC(C)=O. The highest BCUT2D eigenvalue weighted by Gasteiger charge is 2.48. The molecule has 182 valence electrons. The van der Waals surface area contributed by atoms with Gasteiger partial charge in [0.1, 0.15) is 5.75 Å². The predicted octanol–water partition coefficient (Wildman–Crippen LogP) is 2.32. The zero-order valence-electron chi connectivity index (χ0n) is 19.3. The van der Waals surface area contributed by atoms with Gasteiger partial charge in [0.2, 0.25) is 12.4 Å². The van der Waals surface area contributed by atoms with Crippen molar-refractivity contribution in [3.8, 4) is 11.8 Å². The number of ketones is 1. The molecule has 10 nitrogen and oxygen atoms in total. The van der Waals surface area contributed by atoms with Gasteiger partial charge in [0.15, 0.2) is 18.0 Å². The van der Waals surface area contributed by atoms with Crippen molar-refractivity contribution in [2.45, 2.75) is 45.4 Å². The fourth-order valence-electron chi connectivity index (χ4n) is 3.49. The quantitative estimate of drug-likeness (QED) is 0.329. The number of hydrogen-bond donors (Lipinski definition) is 0. The number of benzene rings is 2. The number of ether oxygens (including phenoxy) is 5. The molecule has 0 saturated carbocycles. The van der Waals surface area contributed by atoms with Crippen LogP contribution in [-0.2, 0) is 33.3 Å². The third-order valence-electron chi connectivity index (χ3n) is 4.95. The second kappa shape index (κ2) is 11.3. The number of rotatable bonds is 7. The summed E-state index contributed by atoms with van der Waals surface area (Å²) in [5.41, 5.74) is 1.25. The molecule has 0 amide bonds. The summed E-state index contributed by atoms with van der Waals surface area (Å²) in [5.74, 6) is -1.94. The van der Waals surface area contributed by atoms with Crippen LogP contribution in [0.1, 0.15) is 42.3 Å². The molecule has 3 rings (SSSR count). The van der Waals surface area contributed by atoms with Crippen molar-refractivity contribution in [3.63, 3.8) is 0 Å². The summed E-state index contributed by atoms with van der Waals surface area (Å²) in [5, 5.41) is 8.90. The van der Waals surface area contributed by atoms with E-state index in [1.807, 2.05) is 6.07 Å². The van der Waals surface area contributed by atoms with E-state index in [9.17, 15) is 19.2 Å². The summed E-state index contributed by atoms with van der Waals surface area (Å²) >= 11 is 0. The third-order valence-corrected chi connectivity index (χ3v) is 4.95. The molecule has 0 radical (unpaired) electrons. The average Bonchev–Trinajstić information content (AvgIpc) is 2.82. The molecule has 1 aliphatic heterocycles. The first-order valence-corrected chi connectivity index (χ1v) is 10.6. The van der Waals surface area contributed by atoms with Gasteiger partial charge in [-0.05, 0) is 48.5 Å². The summed E-state index contributed by atoms with van der Waals surface area (Å²) in [7, 11) is 0. The Morgan fingerprint density at radius 3 is 1.83 bits per heavy atom. The maximum absolute atomic E-state index is 12.7. The molecular weight excluding hydrogens is 458 g/mol. The first-order valence-electron chi connectivity index (χ1n) is 10.6. The smallest absolute Gasteiger partial charge is 0.303 e. The molecule has 0 N–H and O–H groups in total. The third kappa shape index (κ3) is 6.65. The van der Waals surface area contributed by atoms with E-state index in [1.165, 1.54) is 32.9 Å². The Hall–Kier alpha value is -4.23. The van der Waals surface area contributed by atoms with Gasteiger partial charge in [-0.2, -0.15) is 5.26 Å². The van der Waals surface area contributed by atoms with Crippen LogP contribution in [0.4, 0.5) is 0 Å². The summed E-state index contributed by atoms with van der Waals surface area (Å²) in [6, 6.07) is 14.4. The number of nitrogens with zero attached hydrogens (tertiary/aromatic N) is 1. The number of carbonyl (C=O) groups is 4. The molecule has 2 aromatic carbocycles. The van der Waals surface area contributed by atoms with E-state index >= 15 is 0 Å². The van der Waals surface area contributed by atoms with Gasteiger partial charge >= 0.3 is 17.9 Å². The molecule has 1 saturated heterocycles. The van der Waals surface area contributed by atoms with Gasteiger partial charge in [-0.15, -0.1) is 0 Å². The summed E-state index contributed by atoms with van der Waals surface area (Å²) in [4.78, 5) is 47.6. The van der Waals surface area contributed by atoms with Crippen LogP contribution in [0.15, 0.2) is 48.5 Å². The average molecular weight is 481 g/mol. The van der Waals surface area contributed by atoms with Crippen LogP contribution < -0.4 is 4.74 Å². The van der Waals surface area contributed by atoms with Crippen LogP contribution in [-0.4, -0.2) is 54.9 Å². The molecule has 0 aromatic heterocycles. The zero-order chi connectivity index (χ0) is 25.5. The van der Waals surface area contributed by atoms with Crippen molar-refractivity contribution < 1.29 is 42.9 Å². The maximum atomic E-state index is 12.7. The summed E-state index contributed by atoms with van der Waals surface area (Å²) < 4.78 is 27.2. The van der Waals surface area contributed by atoms with Crippen molar-refractivity contribution in [1.29, 1.82) is 5.26 Å². The molecule has 0 unspecified atom stereocenters. The largest absolute Gasteiger partial charge is 0.461 e. The second-order valence-electron chi connectivity index (χ2n) is 7.66. The monoisotopic (exact) mass is 481 g/mol. The first-order chi connectivity index (χ1) is 16.7. The van der Waals surface area contributed by atoms with Crippen LogP contribution in [0.25, 0.3) is 0 Å². The molecule has 0 spiro atoms. The fraction of sp³-hybridized carbons (Fsp3) is 0.320. The Labute approximate surface area is 201 Å². The summed E-state index contributed by atoms with van der Waals surface area (Å²) in [6.07, 6.45) is -4.58. The second-order valence-corrected chi connectivity index (χ2v) is 7.66. The van der Waals surface area contributed by atoms with Gasteiger partial charge < -0.3 is 23.7 Å².